The zero-order chi connectivity index (χ0) is 34.1. The predicted molar refractivity (Wildman–Crippen MR) is 175 cm³/mol. The van der Waals surface area contributed by atoms with Crippen LogP contribution in [0.1, 0.15) is 62.0 Å². The molecule has 3 atom stereocenters. The molecule has 0 saturated heterocycles. The van der Waals surface area contributed by atoms with E-state index >= 15 is 0 Å². The lowest BCUT2D eigenvalue weighted by molar-refractivity contribution is -0.130. The monoisotopic (exact) mass is 646 g/mol. The van der Waals surface area contributed by atoms with Crippen LogP contribution in [0, 0.1) is 11.7 Å². The third-order valence-electron chi connectivity index (χ3n) is 8.32. The molecule has 250 valence electrons. The summed E-state index contributed by atoms with van der Waals surface area (Å²) in [4.78, 5) is 54.0. The zero-order valence-electron chi connectivity index (χ0n) is 27.1. The molecule has 0 fully saturated rings. The molecule has 3 aromatic rings. The third-order valence-corrected chi connectivity index (χ3v) is 8.32. The number of rotatable bonds is 7. The van der Waals surface area contributed by atoms with E-state index in [0.717, 1.165) is 11.1 Å². The number of para-hydroxylation sites is 1. The number of hydrogen-bond acceptors (Lipinski definition) is 6. The first-order valence-corrected chi connectivity index (χ1v) is 15.8. The van der Waals surface area contributed by atoms with Crippen LogP contribution in [0.2, 0.25) is 0 Å². The molecule has 5 N–H and O–H groups in total. The van der Waals surface area contributed by atoms with Crippen LogP contribution < -0.4 is 26.0 Å². The van der Waals surface area contributed by atoms with Gasteiger partial charge in [-0.25, -0.2) is 4.39 Å². The normalized spacial score (nSPS) is 19.6. The van der Waals surface area contributed by atoms with E-state index < -0.39 is 47.2 Å². The van der Waals surface area contributed by atoms with Crippen molar-refractivity contribution in [2.24, 2.45) is 5.92 Å². The summed E-state index contributed by atoms with van der Waals surface area (Å²) in [6, 6.07) is 16.5. The summed E-state index contributed by atoms with van der Waals surface area (Å²) in [5, 5.41) is 21.2. The Bertz CT molecular complexity index is 1560. The van der Waals surface area contributed by atoms with E-state index in [1.165, 1.54) is 24.3 Å². The van der Waals surface area contributed by atoms with E-state index in [0.29, 0.717) is 0 Å². The molecule has 0 unspecified atom stereocenters. The van der Waals surface area contributed by atoms with Crippen LogP contribution in [0.25, 0.3) is 0 Å². The number of phenols is 1. The second kappa shape index (κ2) is 15.6. The molecule has 11 heteroatoms. The van der Waals surface area contributed by atoms with Gasteiger partial charge in [0.15, 0.2) is 0 Å². The van der Waals surface area contributed by atoms with Crippen LogP contribution in [0.5, 0.6) is 11.5 Å². The van der Waals surface area contributed by atoms with Crippen LogP contribution >= 0.6 is 0 Å². The standard InChI is InChI=1S/C36H43FN4O6/c1-22(2)30-20-47-31-8-6-5-7-27(31)33(44)40-28(34(45)38-21-36(3,4)24-11-13-25(37)14-12-24)17-18-32(43)39-29(35(46)41-30)19-23-9-15-26(42)16-10-23/h5-16,22,28-30,42H,17-21H2,1-4H3,(H,38,45)(H,39,43)(H,40,44)(H,41,46)/t28-,29-,30-/m0/s1. The molecular weight excluding hydrogens is 603 g/mol. The summed E-state index contributed by atoms with van der Waals surface area (Å²) in [6.07, 6.45) is -0.0537. The first-order chi connectivity index (χ1) is 22.3. The average molecular weight is 647 g/mol. The van der Waals surface area contributed by atoms with Crippen LogP contribution in [0.15, 0.2) is 72.8 Å². The Labute approximate surface area is 274 Å². The number of carbonyl (C=O) groups is 4. The van der Waals surface area contributed by atoms with E-state index in [-0.39, 0.29) is 61.2 Å². The third kappa shape index (κ3) is 9.78. The second-order valence-electron chi connectivity index (χ2n) is 12.8. The average Bonchev–Trinajstić information content (AvgIpc) is 3.04. The Hall–Kier alpha value is -4.93. The van der Waals surface area contributed by atoms with Crippen LogP contribution in [0.3, 0.4) is 0 Å². The minimum atomic E-state index is -1.09. The lowest BCUT2D eigenvalue weighted by Crippen LogP contribution is -2.53. The zero-order valence-corrected chi connectivity index (χ0v) is 27.1. The summed E-state index contributed by atoms with van der Waals surface area (Å²) in [5.41, 5.74) is 1.18. The van der Waals surface area contributed by atoms with Gasteiger partial charge in [0.25, 0.3) is 5.91 Å². The van der Waals surface area contributed by atoms with Gasteiger partial charge in [0.05, 0.1) is 11.6 Å². The number of hydrogen-bond donors (Lipinski definition) is 5. The predicted octanol–water partition coefficient (Wildman–Crippen LogP) is 3.76. The fourth-order valence-corrected chi connectivity index (χ4v) is 5.20. The fourth-order valence-electron chi connectivity index (χ4n) is 5.20. The maximum atomic E-state index is 13.6. The Morgan fingerprint density at radius 3 is 2.34 bits per heavy atom. The van der Waals surface area contributed by atoms with Gasteiger partial charge in [-0.05, 0) is 59.9 Å². The van der Waals surface area contributed by atoms with Crippen molar-refractivity contribution in [2.45, 2.75) is 70.5 Å². The maximum Gasteiger partial charge on any atom is 0.255 e. The minimum Gasteiger partial charge on any atom is -0.508 e. The highest BCUT2D eigenvalue weighted by Gasteiger charge is 2.30. The van der Waals surface area contributed by atoms with Gasteiger partial charge in [0.1, 0.15) is 36.0 Å². The van der Waals surface area contributed by atoms with Crippen molar-refractivity contribution in [2.75, 3.05) is 13.2 Å². The second-order valence-corrected chi connectivity index (χ2v) is 12.8. The van der Waals surface area contributed by atoms with E-state index in [9.17, 15) is 28.7 Å². The lowest BCUT2D eigenvalue weighted by atomic mass is 9.84. The molecule has 0 aromatic heterocycles. The molecule has 10 nitrogen and oxygen atoms in total. The van der Waals surface area contributed by atoms with E-state index in [1.807, 2.05) is 27.7 Å². The highest BCUT2D eigenvalue weighted by molar-refractivity contribution is 6.00. The summed E-state index contributed by atoms with van der Waals surface area (Å²) >= 11 is 0. The van der Waals surface area contributed by atoms with Crippen LogP contribution in [-0.4, -0.2) is 60.0 Å². The van der Waals surface area contributed by atoms with Gasteiger partial charge in [-0.1, -0.05) is 64.1 Å². The molecule has 1 aliphatic heterocycles. The van der Waals surface area contributed by atoms with Crippen molar-refractivity contribution < 1.29 is 33.4 Å². The van der Waals surface area contributed by atoms with Gasteiger partial charge in [-0.2, -0.15) is 0 Å². The number of carbonyl (C=O) groups excluding carboxylic acids is 4. The van der Waals surface area contributed by atoms with Crippen molar-refractivity contribution in [1.29, 1.82) is 0 Å². The number of aromatic hydroxyl groups is 1. The smallest absolute Gasteiger partial charge is 0.255 e. The molecule has 0 bridgehead atoms. The Morgan fingerprint density at radius 1 is 0.979 bits per heavy atom. The molecule has 4 amide bonds. The number of amides is 4. The number of halogens is 1. The van der Waals surface area contributed by atoms with E-state index in [4.69, 9.17) is 4.74 Å². The molecule has 0 spiro atoms. The van der Waals surface area contributed by atoms with Gasteiger partial charge < -0.3 is 31.1 Å². The van der Waals surface area contributed by atoms with Crippen molar-refractivity contribution >= 4 is 23.6 Å². The van der Waals surface area contributed by atoms with Crippen molar-refractivity contribution in [1.82, 2.24) is 21.3 Å². The summed E-state index contributed by atoms with van der Waals surface area (Å²) in [6.45, 7) is 7.89. The Balaban J connectivity index is 1.60. The van der Waals surface area contributed by atoms with Crippen molar-refractivity contribution in [3.63, 3.8) is 0 Å². The Kier molecular flexibility index (Phi) is 11.6. The molecule has 1 heterocycles. The largest absolute Gasteiger partial charge is 0.508 e. The van der Waals surface area contributed by atoms with Crippen LogP contribution in [-0.2, 0) is 26.2 Å². The van der Waals surface area contributed by atoms with Gasteiger partial charge >= 0.3 is 0 Å². The first kappa shape index (κ1) is 34.9. The summed E-state index contributed by atoms with van der Waals surface area (Å²) < 4.78 is 19.6. The summed E-state index contributed by atoms with van der Waals surface area (Å²) in [5.74, 6) is -1.99. The highest BCUT2D eigenvalue weighted by Crippen LogP contribution is 2.23. The van der Waals surface area contributed by atoms with Gasteiger partial charge in [-0.15, -0.1) is 0 Å². The van der Waals surface area contributed by atoms with Crippen molar-refractivity contribution in [3.05, 3.63) is 95.3 Å². The topological polar surface area (TPSA) is 146 Å². The van der Waals surface area contributed by atoms with Crippen molar-refractivity contribution in [3.8, 4) is 11.5 Å². The number of benzene rings is 3. The number of fused-ring (bicyclic) bond motifs is 1. The molecular formula is C36H43FN4O6. The first-order valence-electron chi connectivity index (χ1n) is 15.8. The molecule has 0 saturated carbocycles. The Morgan fingerprint density at radius 2 is 1.66 bits per heavy atom. The number of phenolic OH excluding ortho intramolecular Hbond substituents is 1. The summed E-state index contributed by atoms with van der Waals surface area (Å²) in [7, 11) is 0. The minimum absolute atomic E-state index is 0.0483. The molecule has 47 heavy (non-hydrogen) atoms. The lowest BCUT2D eigenvalue weighted by Gasteiger charge is -2.27. The number of ether oxygens (including phenoxy) is 1. The molecule has 4 rings (SSSR count). The SMILES string of the molecule is CC(C)[C@@H]1COc2ccccc2C(=O)N[C@H](C(=O)NCC(C)(C)c2ccc(F)cc2)CCC(=O)N[C@@H](Cc2ccc(O)cc2)C(=O)N1. The van der Waals surface area contributed by atoms with Gasteiger partial charge in [0, 0.05) is 24.8 Å². The molecule has 1 aliphatic rings. The quantitative estimate of drug-likeness (QED) is 0.264. The number of nitrogens with one attached hydrogen (secondary N) is 4. The van der Waals surface area contributed by atoms with Crippen LogP contribution in [0.4, 0.5) is 4.39 Å². The molecule has 0 aliphatic carbocycles. The van der Waals surface area contributed by atoms with Gasteiger partial charge in [-0.3, -0.25) is 19.2 Å². The van der Waals surface area contributed by atoms with E-state index in [1.54, 1.807) is 48.5 Å². The van der Waals surface area contributed by atoms with E-state index in [2.05, 4.69) is 21.3 Å². The molecule has 3 aromatic carbocycles. The molecule has 0 radical (unpaired) electrons. The fraction of sp³-hybridized carbons (Fsp3) is 0.389. The van der Waals surface area contributed by atoms with Gasteiger partial charge in [0.2, 0.25) is 17.7 Å². The highest BCUT2D eigenvalue weighted by atomic mass is 19.1. The maximum absolute atomic E-state index is 13.6.